The highest BCUT2D eigenvalue weighted by molar-refractivity contribution is 5.81. The van der Waals surface area contributed by atoms with Gasteiger partial charge in [0.25, 0.3) is 0 Å². The van der Waals surface area contributed by atoms with Crippen LogP contribution < -0.4 is 10.6 Å². The van der Waals surface area contributed by atoms with Crippen LogP contribution in [0.5, 0.6) is 0 Å². The van der Waals surface area contributed by atoms with Gasteiger partial charge >= 0.3 is 0 Å². The van der Waals surface area contributed by atoms with Gasteiger partial charge in [-0.05, 0) is 43.9 Å². The van der Waals surface area contributed by atoms with Crippen LogP contribution in [0.1, 0.15) is 45.4 Å². The van der Waals surface area contributed by atoms with Crippen LogP contribution >= 0.6 is 0 Å². The molecule has 1 atom stereocenters. The highest BCUT2D eigenvalue weighted by Gasteiger charge is 2.46. The molecule has 2 aliphatic carbocycles. The minimum Gasteiger partial charge on any atom is -0.356 e. The van der Waals surface area contributed by atoms with Gasteiger partial charge in [-0.25, -0.2) is 0 Å². The van der Waals surface area contributed by atoms with E-state index in [0.717, 1.165) is 25.0 Å². The monoisotopic (exact) mass is 221 g/mol. The second-order valence-electron chi connectivity index (χ2n) is 5.93. The molecule has 0 saturated heterocycles. The lowest BCUT2D eigenvalue weighted by Gasteiger charge is -2.52. The average molecular weight is 221 g/mol. The summed E-state index contributed by atoms with van der Waals surface area (Å²) in [6.07, 6.45) is 8.72. The van der Waals surface area contributed by atoms with Gasteiger partial charge in [-0.3, -0.25) is 4.99 Å². The van der Waals surface area contributed by atoms with Crippen LogP contribution in [0, 0.1) is 11.3 Å². The fraction of sp³-hybridized carbons (Fsp3) is 0.923. The van der Waals surface area contributed by atoms with E-state index in [1.807, 2.05) is 0 Å². The third kappa shape index (κ3) is 1.70. The van der Waals surface area contributed by atoms with Gasteiger partial charge in [-0.1, -0.05) is 12.8 Å². The molecule has 0 aromatic rings. The molecule has 2 fully saturated rings. The Morgan fingerprint density at radius 1 is 1.38 bits per heavy atom. The molecule has 0 amide bonds. The van der Waals surface area contributed by atoms with Gasteiger partial charge in [-0.2, -0.15) is 0 Å². The fourth-order valence-electron chi connectivity index (χ4n) is 3.30. The SMILES string of the molecule is CC1CN=C(NCC2(C3CCC3)CCC2)N1. The lowest BCUT2D eigenvalue weighted by Crippen LogP contribution is -2.51. The Bertz CT molecular complexity index is 290. The van der Waals surface area contributed by atoms with E-state index in [0.29, 0.717) is 11.5 Å². The Labute approximate surface area is 98.1 Å². The van der Waals surface area contributed by atoms with E-state index in [1.54, 1.807) is 0 Å². The van der Waals surface area contributed by atoms with Crippen molar-refractivity contribution in [2.75, 3.05) is 13.1 Å². The number of nitrogens with zero attached hydrogens (tertiary/aromatic N) is 1. The van der Waals surface area contributed by atoms with Crippen molar-refractivity contribution >= 4 is 5.96 Å². The molecule has 3 aliphatic rings. The van der Waals surface area contributed by atoms with Crippen LogP contribution in [-0.4, -0.2) is 25.1 Å². The number of rotatable bonds is 3. The quantitative estimate of drug-likeness (QED) is 0.763. The zero-order valence-corrected chi connectivity index (χ0v) is 10.3. The Hall–Kier alpha value is -0.730. The lowest BCUT2D eigenvalue weighted by atomic mass is 9.55. The molecule has 16 heavy (non-hydrogen) atoms. The third-order valence-electron chi connectivity index (χ3n) is 4.83. The van der Waals surface area contributed by atoms with Crippen LogP contribution in [-0.2, 0) is 0 Å². The first-order chi connectivity index (χ1) is 7.78. The molecular weight excluding hydrogens is 198 g/mol. The smallest absolute Gasteiger partial charge is 0.191 e. The maximum Gasteiger partial charge on any atom is 0.191 e. The summed E-state index contributed by atoms with van der Waals surface area (Å²) >= 11 is 0. The number of nitrogens with one attached hydrogen (secondary N) is 2. The number of aliphatic imine (C=N–C) groups is 1. The average Bonchev–Trinajstić information content (AvgIpc) is 2.52. The van der Waals surface area contributed by atoms with Gasteiger partial charge in [-0.15, -0.1) is 0 Å². The lowest BCUT2D eigenvalue weighted by molar-refractivity contribution is 0.00681. The van der Waals surface area contributed by atoms with Crippen molar-refractivity contribution in [3.63, 3.8) is 0 Å². The van der Waals surface area contributed by atoms with E-state index in [9.17, 15) is 0 Å². The second kappa shape index (κ2) is 3.94. The van der Waals surface area contributed by atoms with Crippen molar-refractivity contribution in [2.24, 2.45) is 16.3 Å². The highest BCUT2D eigenvalue weighted by Crippen LogP contribution is 2.53. The molecule has 1 heterocycles. The van der Waals surface area contributed by atoms with Crippen molar-refractivity contribution in [3.05, 3.63) is 0 Å². The maximum atomic E-state index is 4.48. The van der Waals surface area contributed by atoms with Crippen LogP contribution in [0.15, 0.2) is 4.99 Å². The highest BCUT2D eigenvalue weighted by atomic mass is 15.2. The Morgan fingerprint density at radius 3 is 2.62 bits per heavy atom. The van der Waals surface area contributed by atoms with Crippen LogP contribution in [0.4, 0.5) is 0 Å². The summed E-state index contributed by atoms with van der Waals surface area (Å²) in [5.41, 5.74) is 0.633. The molecule has 0 aromatic heterocycles. The van der Waals surface area contributed by atoms with E-state index < -0.39 is 0 Å². The largest absolute Gasteiger partial charge is 0.356 e. The molecule has 90 valence electrons. The van der Waals surface area contributed by atoms with Crippen molar-refractivity contribution < 1.29 is 0 Å². The Kier molecular flexibility index (Phi) is 2.56. The first-order valence-corrected chi connectivity index (χ1v) is 6.83. The van der Waals surface area contributed by atoms with Crippen LogP contribution in [0.2, 0.25) is 0 Å². The van der Waals surface area contributed by atoms with Gasteiger partial charge in [0, 0.05) is 12.6 Å². The number of guanidine groups is 1. The first kappa shape index (κ1) is 10.4. The van der Waals surface area contributed by atoms with Gasteiger partial charge in [0.15, 0.2) is 5.96 Å². The minimum absolute atomic E-state index is 0.517. The summed E-state index contributed by atoms with van der Waals surface area (Å²) in [7, 11) is 0. The molecule has 3 heteroatoms. The molecule has 1 aliphatic heterocycles. The van der Waals surface area contributed by atoms with E-state index in [2.05, 4.69) is 22.5 Å². The first-order valence-electron chi connectivity index (χ1n) is 6.83. The molecule has 2 N–H and O–H groups in total. The molecule has 2 saturated carbocycles. The van der Waals surface area contributed by atoms with Crippen molar-refractivity contribution in [2.45, 2.75) is 51.5 Å². The Balaban J connectivity index is 1.53. The van der Waals surface area contributed by atoms with E-state index in [1.165, 1.54) is 38.5 Å². The van der Waals surface area contributed by atoms with Gasteiger partial charge in [0.05, 0.1) is 6.54 Å². The second-order valence-corrected chi connectivity index (χ2v) is 5.93. The molecular formula is C13H23N3. The molecule has 1 unspecified atom stereocenters. The van der Waals surface area contributed by atoms with Gasteiger partial charge in [0.2, 0.25) is 0 Å². The topological polar surface area (TPSA) is 36.4 Å². The predicted octanol–water partition coefficient (Wildman–Crippen LogP) is 1.89. The van der Waals surface area contributed by atoms with E-state index in [-0.39, 0.29) is 0 Å². The van der Waals surface area contributed by atoms with E-state index in [4.69, 9.17) is 0 Å². The standard InChI is InChI=1S/C13H23N3/c1-10-8-14-12(16-10)15-9-13(6-3-7-13)11-4-2-5-11/h10-11H,2-9H2,1H3,(H2,14,15,16). The van der Waals surface area contributed by atoms with E-state index >= 15 is 0 Å². The molecule has 0 aromatic carbocycles. The molecule has 0 bridgehead atoms. The van der Waals surface area contributed by atoms with Crippen molar-refractivity contribution in [1.29, 1.82) is 0 Å². The zero-order chi connectivity index (χ0) is 11.0. The zero-order valence-electron chi connectivity index (χ0n) is 10.3. The summed E-state index contributed by atoms with van der Waals surface area (Å²) in [6, 6.07) is 0.517. The minimum atomic E-state index is 0.517. The van der Waals surface area contributed by atoms with Gasteiger partial charge in [0.1, 0.15) is 0 Å². The third-order valence-corrected chi connectivity index (χ3v) is 4.83. The molecule has 0 spiro atoms. The fourth-order valence-corrected chi connectivity index (χ4v) is 3.30. The summed E-state index contributed by atoms with van der Waals surface area (Å²) in [5.74, 6) is 2.05. The normalized spacial score (nSPS) is 32.3. The molecule has 3 nitrogen and oxygen atoms in total. The van der Waals surface area contributed by atoms with Gasteiger partial charge < -0.3 is 10.6 Å². The Morgan fingerprint density at radius 2 is 2.19 bits per heavy atom. The maximum absolute atomic E-state index is 4.48. The van der Waals surface area contributed by atoms with Crippen molar-refractivity contribution in [1.82, 2.24) is 10.6 Å². The molecule has 0 radical (unpaired) electrons. The summed E-state index contributed by atoms with van der Waals surface area (Å²) in [5, 5.41) is 6.93. The summed E-state index contributed by atoms with van der Waals surface area (Å²) in [6.45, 7) is 4.26. The van der Waals surface area contributed by atoms with Crippen molar-refractivity contribution in [3.8, 4) is 0 Å². The summed E-state index contributed by atoms with van der Waals surface area (Å²) < 4.78 is 0. The molecule has 3 rings (SSSR count). The van der Waals surface area contributed by atoms with Crippen LogP contribution in [0.3, 0.4) is 0 Å². The summed E-state index contributed by atoms with van der Waals surface area (Å²) in [4.78, 5) is 4.48. The number of hydrogen-bond donors (Lipinski definition) is 2. The number of hydrogen-bond acceptors (Lipinski definition) is 3. The predicted molar refractivity (Wildman–Crippen MR) is 66.5 cm³/mol. The van der Waals surface area contributed by atoms with Crippen LogP contribution in [0.25, 0.3) is 0 Å².